The Morgan fingerprint density at radius 1 is 1.24 bits per heavy atom. The molecule has 2 heterocycles. The van der Waals surface area contributed by atoms with Crippen molar-refractivity contribution in [2.45, 2.75) is 58.2 Å². The summed E-state index contributed by atoms with van der Waals surface area (Å²) in [4.78, 5) is 19.2. The molecular formula is C20H29N3O2. The minimum atomic E-state index is 0.140. The lowest BCUT2D eigenvalue weighted by atomic mass is 9.86. The molecule has 0 unspecified atom stereocenters. The van der Waals surface area contributed by atoms with Crippen LogP contribution in [0.3, 0.4) is 0 Å². The van der Waals surface area contributed by atoms with Crippen LogP contribution in [-0.2, 0) is 9.53 Å². The van der Waals surface area contributed by atoms with Gasteiger partial charge in [-0.1, -0.05) is 6.42 Å². The minimum Gasteiger partial charge on any atom is -0.372 e. The van der Waals surface area contributed by atoms with E-state index >= 15 is 0 Å². The van der Waals surface area contributed by atoms with Crippen LogP contribution in [0, 0.1) is 17.8 Å². The van der Waals surface area contributed by atoms with Crippen molar-refractivity contribution >= 4 is 17.4 Å². The number of nitrogens with one attached hydrogen (secondary N) is 1. The second-order valence-electron chi connectivity index (χ2n) is 8.25. The Labute approximate surface area is 150 Å². The molecule has 0 spiro atoms. The van der Waals surface area contributed by atoms with E-state index in [-0.39, 0.29) is 18.1 Å². The van der Waals surface area contributed by atoms with Crippen LogP contribution in [0.2, 0.25) is 0 Å². The minimum absolute atomic E-state index is 0.140. The number of amides is 1. The Kier molecular flexibility index (Phi) is 4.67. The van der Waals surface area contributed by atoms with Gasteiger partial charge in [0.05, 0.1) is 24.1 Å². The fraction of sp³-hybridized carbons (Fsp3) is 0.700. The standard InChI is InChI=1S/C20H29N3O2/c1-13-11-23(12-14(2)25-13)19-6-5-18(10-21-19)22-20(24)9-17-8-15-3-4-16(17)7-15/h5-6,10,13-17H,3-4,7-9,11-12H2,1-2H3,(H,22,24)/t13-,14-,15+,16+,17+/m1/s1. The zero-order valence-corrected chi connectivity index (χ0v) is 15.3. The van der Waals surface area contributed by atoms with Gasteiger partial charge in [0.25, 0.3) is 0 Å². The summed E-state index contributed by atoms with van der Waals surface area (Å²) in [6.45, 7) is 5.89. The van der Waals surface area contributed by atoms with Crippen LogP contribution in [0.15, 0.2) is 18.3 Å². The van der Waals surface area contributed by atoms with E-state index in [4.69, 9.17) is 4.74 Å². The first-order chi connectivity index (χ1) is 12.1. The molecule has 4 rings (SSSR count). The summed E-state index contributed by atoms with van der Waals surface area (Å²) in [7, 11) is 0. The maximum Gasteiger partial charge on any atom is 0.224 e. The Hall–Kier alpha value is -1.62. The molecule has 2 aliphatic carbocycles. The molecule has 1 N–H and O–H groups in total. The molecule has 3 fully saturated rings. The van der Waals surface area contributed by atoms with Crippen LogP contribution >= 0.6 is 0 Å². The van der Waals surface area contributed by atoms with E-state index in [1.54, 1.807) is 6.20 Å². The number of ether oxygens (including phenoxy) is 1. The molecule has 136 valence electrons. The first-order valence-corrected chi connectivity index (χ1v) is 9.73. The normalized spacial score (nSPS) is 34.3. The van der Waals surface area contributed by atoms with Crippen molar-refractivity contribution in [1.82, 2.24) is 4.98 Å². The van der Waals surface area contributed by atoms with Gasteiger partial charge in [-0.05, 0) is 63.0 Å². The zero-order chi connectivity index (χ0) is 17.4. The highest BCUT2D eigenvalue weighted by molar-refractivity contribution is 5.90. The molecule has 1 aromatic rings. The third-order valence-electron chi connectivity index (χ3n) is 6.11. The fourth-order valence-electron chi connectivity index (χ4n) is 5.09. The lowest BCUT2D eigenvalue weighted by Gasteiger charge is -2.36. The number of carbonyl (C=O) groups is 1. The van der Waals surface area contributed by atoms with E-state index in [2.05, 4.69) is 29.0 Å². The highest BCUT2D eigenvalue weighted by Crippen LogP contribution is 2.49. The van der Waals surface area contributed by atoms with E-state index < -0.39 is 0 Å². The second kappa shape index (κ2) is 6.94. The Balaban J connectivity index is 1.32. The van der Waals surface area contributed by atoms with Crippen LogP contribution in [0.1, 0.15) is 46.0 Å². The first kappa shape index (κ1) is 16.8. The predicted octanol–water partition coefficient (Wildman–Crippen LogP) is 3.46. The van der Waals surface area contributed by atoms with Crippen molar-refractivity contribution < 1.29 is 9.53 Å². The van der Waals surface area contributed by atoms with Crippen molar-refractivity contribution in [1.29, 1.82) is 0 Å². The Morgan fingerprint density at radius 2 is 2.04 bits per heavy atom. The average Bonchev–Trinajstić information content (AvgIpc) is 3.17. The van der Waals surface area contributed by atoms with Gasteiger partial charge in [-0.25, -0.2) is 4.98 Å². The Bertz CT molecular complexity index is 608. The van der Waals surface area contributed by atoms with Crippen LogP contribution < -0.4 is 10.2 Å². The largest absolute Gasteiger partial charge is 0.372 e. The number of hydrogen-bond acceptors (Lipinski definition) is 4. The number of rotatable bonds is 4. The Morgan fingerprint density at radius 3 is 2.64 bits per heavy atom. The van der Waals surface area contributed by atoms with E-state index in [9.17, 15) is 4.79 Å². The van der Waals surface area contributed by atoms with Crippen molar-refractivity contribution in [2.24, 2.45) is 17.8 Å². The van der Waals surface area contributed by atoms with Crippen molar-refractivity contribution in [2.75, 3.05) is 23.3 Å². The van der Waals surface area contributed by atoms with Gasteiger partial charge >= 0.3 is 0 Å². The summed E-state index contributed by atoms with van der Waals surface area (Å²) in [6, 6.07) is 3.96. The molecule has 3 aliphatic rings. The molecule has 1 saturated heterocycles. The molecule has 0 radical (unpaired) electrons. The summed E-state index contributed by atoms with van der Waals surface area (Å²) >= 11 is 0. The maximum atomic E-state index is 12.4. The van der Waals surface area contributed by atoms with Gasteiger partial charge in [0, 0.05) is 19.5 Å². The van der Waals surface area contributed by atoms with Gasteiger partial charge in [0.2, 0.25) is 5.91 Å². The molecule has 5 nitrogen and oxygen atoms in total. The molecule has 0 aromatic carbocycles. The van der Waals surface area contributed by atoms with Gasteiger partial charge in [0.15, 0.2) is 0 Å². The number of carbonyl (C=O) groups excluding carboxylic acids is 1. The third kappa shape index (κ3) is 3.81. The highest BCUT2D eigenvalue weighted by Gasteiger charge is 2.40. The topological polar surface area (TPSA) is 54.5 Å². The van der Waals surface area contributed by atoms with E-state index in [0.29, 0.717) is 12.3 Å². The van der Waals surface area contributed by atoms with Crippen LogP contribution in [0.4, 0.5) is 11.5 Å². The van der Waals surface area contributed by atoms with Crippen LogP contribution in [0.5, 0.6) is 0 Å². The van der Waals surface area contributed by atoms with Gasteiger partial charge in [-0.15, -0.1) is 0 Å². The summed E-state index contributed by atoms with van der Waals surface area (Å²) in [6.07, 6.45) is 8.19. The number of pyridine rings is 1. The van der Waals surface area contributed by atoms with E-state index in [1.165, 1.54) is 25.7 Å². The van der Waals surface area contributed by atoms with Crippen LogP contribution in [-0.4, -0.2) is 36.2 Å². The predicted molar refractivity (Wildman–Crippen MR) is 98.6 cm³/mol. The molecule has 5 heteroatoms. The molecule has 2 bridgehead atoms. The maximum absolute atomic E-state index is 12.4. The molecule has 1 amide bonds. The van der Waals surface area contributed by atoms with Crippen molar-refractivity contribution in [3.8, 4) is 0 Å². The molecule has 25 heavy (non-hydrogen) atoms. The lowest BCUT2D eigenvalue weighted by molar-refractivity contribution is -0.117. The molecule has 1 aliphatic heterocycles. The van der Waals surface area contributed by atoms with Gasteiger partial charge < -0.3 is 15.0 Å². The number of hydrogen-bond donors (Lipinski definition) is 1. The average molecular weight is 343 g/mol. The quantitative estimate of drug-likeness (QED) is 0.910. The van der Waals surface area contributed by atoms with Crippen molar-refractivity contribution in [3.63, 3.8) is 0 Å². The fourth-order valence-corrected chi connectivity index (χ4v) is 5.09. The van der Waals surface area contributed by atoms with Gasteiger partial charge in [-0.2, -0.15) is 0 Å². The van der Waals surface area contributed by atoms with Crippen LogP contribution in [0.25, 0.3) is 0 Å². The highest BCUT2D eigenvalue weighted by atomic mass is 16.5. The summed E-state index contributed by atoms with van der Waals surface area (Å²) in [5, 5.41) is 3.03. The number of morpholine rings is 1. The molecule has 1 aromatic heterocycles. The number of fused-ring (bicyclic) bond motifs is 2. The third-order valence-corrected chi connectivity index (χ3v) is 6.11. The van der Waals surface area contributed by atoms with Gasteiger partial charge in [-0.3, -0.25) is 4.79 Å². The molecule has 2 saturated carbocycles. The number of anilines is 2. The van der Waals surface area contributed by atoms with E-state index in [1.807, 2.05) is 12.1 Å². The SMILES string of the molecule is C[C@@H]1CN(c2ccc(NC(=O)C[C@@H]3C[C@H]4CC[C@H]3C4)cn2)C[C@@H](C)O1. The second-order valence-corrected chi connectivity index (χ2v) is 8.25. The number of aromatic nitrogens is 1. The smallest absolute Gasteiger partial charge is 0.224 e. The monoisotopic (exact) mass is 343 g/mol. The first-order valence-electron chi connectivity index (χ1n) is 9.73. The van der Waals surface area contributed by atoms with E-state index in [0.717, 1.165) is 36.4 Å². The van der Waals surface area contributed by atoms with Crippen molar-refractivity contribution in [3.05, 3.63) is 18.3 Å². The summed E-state index contributed by atoms with van der Waals surface area (Å²) < 4.78 is 5.77. The number of nitrogens with zero attached hydrogens (tertiary/aromatic N) is 2. The lowest BCUT2D eigenvalue weighted by Crippen LogP contribution is -2.45. The van der Waals surface area contributed by atoms with Gasteiger partial charge in [0.1, 0.15) is 5.82 Å². The summed E-state index contributed by atoms with van der Waals surface area (Å²) in [5.41, 5.74) is 0.797. The summed E-state index contributed by atoms with van der Waals surface area (Å²) in [5.74, 6) is 3.37. The molecule has 5 atom stereocenters. The zero-order valence-electron chi connectivity index (χ0n) is 15.3. The molecular weight excluding hydrogens is 314 g/mol.